The molecule has 1 aromatic carbocycles. The number of rotatable bonds is 5. The summed E-state index contributed by atoms with van der Waals surface area (Å²) < 4.78 is 0. The van der Waals surface area contributed by atoms with Gasteiger partial charge in [-0.15, -0.1) is 0 Å². The normalized spacial score (nSPS) is 20.7. The van der Waals surface area contributed by atoms with Gasteiger partial charge in [0.2, 0.25) is 5.91 Å². The fourth-order valence-electron chi connectivity index (χ4n) is 3.89. The molecular weight excluding hydrogens is 385 g/mol. The molecule has 2 heterocycles. The summed E-state index contributed by atoms with van der Waals surface area (Å²) in [7, 11) is 1.87. The summed E-state index contributed by atoms with van der Waals surface area (Å²) in [4.78, 5) is 31.6. The van der Waals surface area contributed by atoms with Crippen molar-refractivity contribution in [2.24, 2.45) is 5.92 Å². The van der Waals surface area contributed by atoms with Crippen molar-refractivity contribution in [1.29, 1.82) is 0 Å². The monoisotopic (exact) mass is 411 g/mol. The number of likely N-dealkylation sites (tertiary alicyclic amines) is 2. The van der Waals surface area contributed by atoms with E-state index >= 15 is 0 Å². The van der Waals surface area contributed by atoms with Crippen LogP contribution in [0.4, 0.5) is 0 Å². The van der Waals surface area contributed by atoms with E-state index in [9.17, 15) is 9.59 Å². The van der Waals surface area contributed by atoms with Crippen LogP contribution in [0.2, 0.25) is 10.0 Å². The van der Waals surface area contributed by atoms with Crippen LogP contribution < -0.4 is 0 Å². The van der Waals surface area contributed by atoms with E-state index in [0.717, 1.165) is 39.0 Å². The summed E-state index contributed by atoms with van der Waals surface area (Å²) in [5.41, 5.74) is 0.514. The predicted molar refractivity (Wildman–Crippen MR) is 108 cm³/mol. The SMILES string of the molecule is CN(CCN1CCCC1)C(=O)C1CCCN(C(=O)c2ccc(Cl)c(Cl)c2)C1. The van der Waals surface area contributed by atoms with Crippen LogP contribution in [0.3, 0.4) is 0 Å². The average Bonchev–Trinajstić information content (AvgIpc) is 3.21. The van der Waals surface area contributed by atoms with Gasteiger partial charge in [0.1, 0.15) is 0 Å². The maximum absolute atomic E-state index is 12.8. The van der Waals surface area contributed by atoms with E-state index < -0.39 is 0 Å². The highest BCUT2D eigenvalue weighted by Crippen LogP contribution is 2.25. The molecule has 2 amide bonds. The van der Waals surface area contributed by atoms with E-state index in [1.807, 2.05) is 11.9 Å². The van der Waals surface area contributed by atoms with Gasteiger partial charge in [0.25, 0.3) is 5.91 Å². The Labute approximate surface area is 171 Å². The Bertz CT molecular complexity index is 692. The number of hydrogen-bond donors (Lipinski definition) is 0. The van der Waals surface area contributed by atoms with Gasteiger partial charge in [-0.25, -0.2) is 0 Å². The molecule has 0 aliphatic carbocycles. The Morgan fingerprint density at radius 2 is 1.85 bits per heavy atom. The van der Waals surface area contributed by atoms with E-state index in [1.54, 1.807) is 23.1 Å². The van der Waals surface area contributed by atoms with Gasteiger partial charge in [-0.3, -0.25) is 9.59 Å². The number of hydrogen-bond acceptors (Lipinski definition) is 3. The molecule has 0 N–H and O–H groups in total. The fourth-order valence-corrected chi connectivity index (χ4v) is 4.19. The third-order valence-corrected chi connectivity index (χ3v) is 6.29. The lowest BCUT2D eigenvalue weighted by molar-refractivity contribution is -0.135. The molecule has 1 aromatic rings. The zero-order valence-corrected chi connectivity index (χ0v) is 17.3. The van der Waals surface area contributed by atoms with Crippen molar-refractivity contribution in [1.82, 2.24) is 14.7 Å². The molecule has 0 spiro atoms. The summed E-state index contributed by atoms with van der Waals surface area (Å²) in [6.07, 6.45) is 4.18. The lowest BCUT2D eigenvalue weighted by Crippen LogP contribution is -2.47. The van der Waals surface area contributed by atoms with Crippen molar-refractivity contribution in [3.8, 4) is 0 Å². The molecule has 1 unspecified atom stereocenters. The molecule has 2 aliphatic rings. The van der Waals surface area contributed by atoms with Crippen molar-refractivity contribution in [2.75, 3.05) is 46.3 Å². The highest BCUT2D eigenvalue weighted by molar-refractivity contribution is 6.42. The first-order valence-electron chi connectivity index (χ1n) is 9.67. The second-order valence-corrected chi connectivity index (χ2v) is 8.34. The first-order valence-corrected chi connectivity index (χ1v) is 10.4. The Morgan fingerprint density at radius 1 is 1.11 bits per heavy atom. The molecular formula is C20H27Cl2N3O2. The topological polar surface area (TPSA) is 43.9 Å². The molecule has 7 heteroatoms. The second kappa shape index (κ2) is 9.26. The average molecular weight is 412 g/mol. The third-order valence-electron chi connectivity index (χ3n) is 5.55. The summed E-state index contributed by atoms with van der Waals surface area (Å²) in [6.45, 7) is 5.08. The Hall–Kier alpha value is -1.30. The van der Waals surface area contributed by atoms with Crippen molar-refractivity contribution in [2.45, 2.75) is 25.7 Å². The summed E-state index contributed by atoms with van der Waals surface area (Å²) in [6, 6.07) is 4.92. The molecule has 0 saturated carbocycles. The number of halogens is 2. The maximum atomic E-state index is 12.8. The van der Waals surface area contributed by atoms with Crippen LogP contribution in [0.5, 0.6) is 0 Å². The first-order chi connectivity index (χ1) is 13.0. The molecule has 5 nitrogen and oxygen atoms in total. The van der Waals surface area contributed by atoms with E-state index in [2.05, 4.69) is 4.90 Å². The minimum absolute atomic E-state index is 0.0919. The number of carbonyl (C=O) groups is 2. The van der Waals surface area contributed by atoms with Gasteiger partial charge >= 0.3 is 0 Å². The Balaban J connectivity index is 1.56. The minimum Gasteiger partial charge on any atom is -0.344 e. The molecule has 0 radical (unpaired) electrons. The van der Waals surface area contributed by atoms with Crippen LogP contribution in [0.15, 0.2) is 18.2 Å². The molecule has 0 aromatic heterocycles. The molecule has 2 fully saturated rings. The maximum Gasteiger partial charge on any atom is 0.253 e. The molecule has 148 valence electrons. The smallest absolute Gasteiger partial charge is 0.253 e. The highest BCUT2D eigenvalue weighted by atomic mass is 35.5. The number of likely N-dealkylation sites (N-methyl/N-ethyl adjacent to an activating group) is 1. The Morgan fingerprint density at radius 3 is 2.56 bits per heavy atom. The molecule has 2 saturated heterocycles. The summed E-state index contributed by atoms with van der Waals surface area (Å²) in [5, 5.41) is 0.799. The van der Waals surface area contributed by atoms with Gasteiger partial charge in [0.15, 0.2) is 0 Å². The number of benzene rings is 1. The van der Waals surface area contributed by atoms with Crippen LogP contribution in [-0.2, 0) is 4.79 Å². The lowest BCUT2D eigenvalue weighted by Gasteiger charge is -2.34. The molecule has 3 rings (SSSR count). The molecule has 2 aliphatic heterocycles. The largest absolute Gasteiger partial charge is 0.344 e. The summed E-state index contributed by atoms with van der Waals surface area (Å²) in [5.74, 6) is -0.0827. The van der Waals surface area contributed by atoms with Gasteiger partial charge in [0, 0.05) is 38.8 Å². The van der Waals surface area contributed by atoms with Crippen molar-refractivity contribution < 1.29 is 9.59 Å². The number of amides is 2. The van der Waals surface area contributed by atoms with Gasteiger partial charge in [0.05, 0.1) is 16.0 Å². The third kappa shape index (κ3) is 5.15. The minimum atomic E-state index is -0.131. The predicted octanol–water partition coefficient (Wildman–Crippen LogP) is 3.40. The van der Waals surface area contributed by atoms with Crippen LogP contribution in [0.25, 0.3) is 0 Å². The zero-order valence-electron chi connectivity index (χ0n) is 15.8. The van der Waals surface area contributed by atoms with Gasteiger partial charge in [-0.1, -0.05) is 23.2 Å². The standard InChI is InChI=1S/C20H27Cl2N3O2/c1-23(11-12-24-8-2-3-9-24)19(26)16-5-4-10-25(14-16)20(27)15-6-7-17(21)18(22)13-15/h6-7,13,16H,2-5,8-12,14H2,1H3. The number of nitrogens with zero attached hydrogens (tertiary/aromatic N) is 3. The lowest BCUT2D eigenvalue weighted by atomic mass is 9.96. The van der Waals surface area contributed by atoms with Gasteiger partial charge in [-0.05, 0) is 57.0 Å². The molecule has 0 bridgehead atoms. The molecule has 1 atom stereocenters. The number of piperidine rings is 1. The number of carbonyl (C=O) groups excluding carboxylic acids is 2. The van der Waals surface area contributed by atoms with Crippen LogP contribution in [0, 0.1) is 5.92 Å². The Kier molecular flexibility index (Phi) is 7.01. The van der Waals surface area contributed by atoms with Crippen LogP contribution in [-0.4, -0.2) is 72.8 Å². The van der Waals surface area contributed by atoms with E-state index in [1.165, 1.54) is 12.8 Å². The second-order valence-electron chi connectivity index (χ2n) is 7.53. The van der Waals surface area contributed by atoms with Crippen LogP contribution in [0.1, 0.15) is 36.0 Å². The first kappa shape index (κ1) is 20.4. The quantitative estimate of drug-likeness (QED) is 0.745. The zero-order chi connectivity index (χ0) is 19.4. The van der Waals surface area contributed by atoms with Crippen molar-refractivity contribution >= 4 is 35.0 Å². The van der Waals surface area contributed by atoms with E-state index in [-0.39, 0.29) is 17.7 Å². The van der Waals surface area contributed by atoms with E-state index in [4.69, 9.17) is 23.2 Å². The van der Waals surface area contributed by atoms with Gasteiger partial charge in [-0.2, -0.15) is 0 Å². The van der Waals surface area contributed by atoms with Gasteiger partial charge < -0.3 is 14.7 Å². The summed E-state index contributed by atoms with van der Waals surface area (Å²) >= 11 is 12.0. The van der Waals surface area contributed by atoms with Crippen LogP contribution >= 0.6 is 23.2 Å². The fraction of sp³-hybridized carbons (Fsp3) is 0.600. The van der Waals surface area contributed by atoms with E-state index in [0.29, 0.717) is 28.7 Å². The molecule has 27 heavy (non-hydrogen) atoms. The highest BCUT2D eigenvalue weighted by Gasteiger charge is 2.31. The van der Waals surface area contributed by atoms with Crippen molar-refractivity contribution in [3.63, 3.8) is 0 Å². The van der Waals surface area contributed by atoms with Crippen molar-refractivity contribution in [3.05, 3.63) is 33.8 Å².